The third-order valence-corrected chi connectivity index (χ3v) is 7.71. The smallest absolute Gasteiger partial charge is 0.167 e. The molecule has 0 radical (unpaired) electrons. The van der Waals surface area contributed by atoms with Crippen molar-refractivity contribution >= 4 is 9.84 Å². The summed E-state index contributed by atoms with van der Waals surface area (Å²) in [6.45, 7) is 8.20. The van der Waals surface area contributed by atoms with Crippen LogP contribution in [0.4, 0.5) is 0 Å². The van der Waals surface area contributed by atoms with Crippen LogP contribution in [0.5, 0.6) is 0 Å². The summed E-state index contributed by atoms with van der Waals surface area (Å²) in [5.74, 6) is 0.184. The van der Waals surface area contributed by atoms with E-state index < -0.39 is 20.6 Å². The van der Waals surface area contributed by atoms with E-state index in [4.69, 9.17) is 5.73 Å². The summed E-state index contributed by atoms with van der Waals surface area (Å²) in [6, 6.07) is 0. The first-order valence-electron chi connectivity index (χ1n) is 7.79. The Balaban J connectivity index is 2.63. The van der Waals surface area contributed by atoms with Crippen LogP contribution in [0.2, 0.25) is 0 Å². The lowest BCUT2D eigenvalue weighted by atomic mass is 9.70. The molecule has 0 aromatic heterocycles. The Morgan fingerprint density at radius 2 is 1.45 bits per heavy atom. The van der Waals surface area contributed by atoms with Crippen molar-refractivity contribution in [1.29, 1.82) is 0 Å². The summed E-state index contributed by atoms with van der Waals surface area (Å²) >= 11 is 0. The van der Waals surface area contributed by atoms with Crippen LogP contribution in [0.15, 0.2) is 11.1 Å². The van der Waals surface area contributed by atoms with Gasteiger partial charge in [0, 0.05) is 5.41 Å². The predicted octanol–water partition coefficient (Wildman–Crippen LogP) is 3.40. The second-order valence-electron chi connectivity index (χ2n) is 7.70. The van der Waals surface area contributed by atoms with Crippen LogP contribution in [0.3, 0.4) is 0 Å². The fourth-order valence-corrected chi connectivity index (χ4v) is 6.42. The van der Waals surface area contributed by atoms with Crippen molar-refractivity contribution in [2.75, 3.05) is 5.75 Å². The van der Waals surface area contributed by atoms with E-state index in [1.807, 2.05) is 13.8 Å². The molecule has 2 aliphatic rings. The highest BCUT2D eigenvalue weighted by molar-refractivity contribution is 7.92. The standard InChI is InChI=1S/C16H29NO2S/c1-15(2)11-20(18,19)14(17)16(3,4)13-10-8-6-5-7-9-12(13)15/h14H,5-11,17H2,1-4H3. The first kappa shape index (κ1) is 16.0. The van der Waals surface area contributed by atoms with Gasteiger partial charge in [-0.3, -0.25) is 0 Å². The summed E-state index contributed by atoms with van der Waals surface area (Å²) in [5.41, 5.74) is 8.16. The molecule has 2 rings (SSSR count). The average molecular weight is 299 g/mol. The summed E-state index contributed by atoms with van der Waals surface area (Å²) in [5, 5.41) is -0.777. The van der Waals surface area contributed by atoms with Gasteiger partial charge in [-0.05, 0) is 31.1 Å². The lowest BCUT2D eigenvalue weighted by Crippen LogP contribution is -2.45. The van der Waals surface area contributed by atoms with E-state index in [0.717, 1.165) is 19.3 Å². The van der Waals surface area contributed by atoms with Crippen LogP contribution < -0.4 is 5.73 Å². The number of hydrogen-bond donors (Lipinski definition) is 1. The molecule has 20 heavy (non-hydrogen) atoms. The van der Waals surface area contributed by atoms with Crippen LogP contribution >= 0.6 is 0 Å². The molecular formula is C16H29NO2S. The highest BCUT2D eigenvalue weighted by Gasteiger charge is 2.47. The van der Waals surface area contributed by atoms with Gasteiger partial charge in [0.05, 0.1) is 5.75 Å². The highest BCUT2D eigenvalue weighted by Crippen LogP contribution is 2.48. The van der Waals surface area contributed by atoms with Gasteiger partial charge in [-0.1, -0.05) is 51.7 Å². The van der Waals surface area contributed by atoms with Crippen LogP contribution in [0.1, 0.15) is 66.2 Å². The van der Waals surface area contributed by atoms with Crippen molar-refractivity contribution in [3.05, 3.63) is 11.1 Å². The van der Waals surface area contributed by atoms with Crippen LogP contribution in [-0.4, -0.2) is 19.5 Å². The van der Waals surface area contributed by atoms with Gasteiger partial charge in [0.25, 0.3) is 0 Å². The van der Waals surface area contributed by atoms with E-state index >= 15 is 0 Å². The summed E-state index contributed by atoms with van der Waals surface area (Å²) < 4.78 is 25.2. The molecule has 1 heterocycles. The largest absolute Gasteiger partial charge is 0.314 e. The Kier molecular flexibility index (Phi) is 4.11. The summed E-state index contributed by atoms with van der Waals surface area (Å²) in [7, 11) is -3.26. The lowest BCUT2D eigenvalue weighted by molar-refractivity contribution is 0.376. The fraction of sp³-hybridized carbons (Fsp3) is 0.875. The van der Waals surface area contributed by atoms with Gasteiger partial charge < -0.3 is 5.73 Å². The molecule has 0 saturated heterocycles. The molecule has 0 bridgehead atoms. The zero-order chi connectivity index (χ0) is 15.2. The van der Waals surface area contributed by atoms with Crippen molar-refractivity contribution in [3.8, 4) is 0 Å². The maximum atomic E-state index is 12.6. The first-order chi connectivity index (χ1) is 9.09. The molecule has 0 fully saturated rings. The normalized spacial score (nSPS) is 32.8. The quantitative estimate of drug-likeness (QED) is 0.697. The van der Waals surface area contributed by atoms with Crippen molar-refractivity contribution in [3.63, 3.8) is 0 Å². The van der Waals surface area contributed by atoms with Gasteiger partial charge in [0.15, 0.2) is 9.84 Å². The Labute approximate surface area is 123 Å². The third-order valence-electron chi connectivity index (χ3n) is 5.22. The van der Waals surface area contributed by atoms with E-state index in [9.17, 15) is 8.42 Å². The zero-order valence-corrected chi connectivity index (χ0v) is 14.1. The second-order valence-corrected chi connectivity index (χ2v) is 9.83. The molecule has 2 N–H and O–H groups in total. The third kappa shape index (κ3) is 2.69. The second kappa shape index (κ2) is 5.13. The molecule has 116 valence electrons. The van der Waals surface area contributed by atoms with Crippen molar-refractivity contribution in [1.82, 2.24) is 0 Å². The summed E-state index contributed by atoms with van der Waals surface area (Å²) in [6.07, 6.45) is 6.88. The van der Waals surface area contributed by atoms with Crippen LogP contribution in [0, 0.1) is 10.8 Å². The Morgan fingerprint density at radius 3 is 2.00 bits per heavy atom. The molecule has 1 aliphatic carbocycles. The number of rotatable bonds is 0. The number of sulfone groups is 1. The monoisotopic (exact) mass is 299 g/mol. The number of nitrogens with two attached hydrogens (primary N) is 1. The predicted molar refractivity (Wildman–Crippen MR) is 84.1 cm³/mol. The van der Waals surface area contributed by atoms with Crippen molar-refractivity contribution < 1.29 is 8.42 Å². The fourth-order valence-electron chi connectivity index (χ4n) is 4.02. The van der Waals surface area contributed by atoms with Crippen molar-refractivity contribution in [2.45, 2.75) is 71.6 Å². The van der Waals surface area contributed by atoms with E-state index in [1.54, 1.807) is 0 Å². The topological polar surface area (TPSA) is 60.2 Å². The summed E-state index contributed by atoms with van der Waals surface area (Å²) in [4.78, 5) is 0. The average Bonchev–Trinajstić information content (AvgIpc) is 2.27. The lowest BCUT2D eigenvalue weighted by Gasteiger charge is -2.35. The van der Waals surface area contributed by atoms with Gasteiger partial charge in [-0.2, -0.15) is 0 Å². The molecule has 1 aliphatic heterocycles. The Hall–Kier alpha value is -0.350. The molecule has 4 heteroatoms. The molecule has 1 unspecified atom stereocenters. The van der Waals surface area contributed by atoms with E-state index in [2.05, 4.69) is 13.8 Å². The van der Waals surface area contributed by atoms with Gasteiger partial charge in [0.2, 0.25) is 0 Å². The van der Waals surface area contributed by atoms with E-state index in [-0.39, 0.29) is 11.2 Å². The molecule has 1 atom stereocenters. The minimum atomic E-state index is -3.26. The van der Waals surface area contributed by atoms with E-state index in [0.29, 0.717) is 0 Å². The minimum absolute atomic E-state index is 0.184. The molecule has 0 spiro atoms. The maximum absolute atomic E-state index is 12.6. The van der Waals surface area contributed by atoms with Crippen LogP contribution in [0.25, 0.3) is 0 Å². The molecular weight excluding hydrogens is 270 g/mol. The minimum Gasteiger partial charge on any atom is -0.314 e. The highest BCUT2D eigenvalue weighted by atomic mass is 32.2. The Bertz CT molecular complexity index is 515. The SMILES string of the molecule is CC1(C)CS(=O)(=O)C(N)C(C)(C)C2=C1CCCCCC2. The van der Waals surface area contributed by atoms with E-state index in [1.165, 1.54) is 30.4 Å². The molecule has 3 nitrogen and oxygen atoms in total. The van der Waals surface area contributed by atoms with Crippen molar-refractivity contribution in [2.24, 2.45) is 16.6 Å². The number of hydrogen-bond acceptors (Lipinski definition) is 3. The molecule has 0 aromatic carbocycles. The van der Waals surface area contributed by atoms with Crippen LogP contribution in [-0.2, 0) is 9.84 Å². The van der Waals surface area contributed by atoms with Gasteiger partial charge >= 0.3 is 0 Å². The zero-order valence-electron chi connectivity index (χ0n) is 13.3. The maximum Gasteiger partial charge on any atom is 0.167 e. The molecule has 0 aromatic rings. The number of allylic oxidation sites excluding steroid dienone is 1. The first-order valence-corrected chi connectivity index (χ1v) is 9.51. The molecule has 0 saturated carbocycles. The Morgan fingerprint density at radius 1 is 0.950 bits per heavy atom. The van der Waals surface area contributed by atoms with Gasteiger partial charge in [-0.15, -0.1) is 0 Å². The molecule has 0 amide bonds. The van der Waals surface area contributed by atoms with Gasteiger partial charge in [0.1, 0.15) is 5.37 Å². The van der Waals surface area contributed by atoms with Gasteiger partial charge in [-0.25, -0.2) is 8.42 Å².